The zero-order chi connectivity index (χ0) is 12.7. The van der Waals surface area contributed by atoms with Crippen LogP contribution in [0.5, 0.6) is 0 Å². The summed E-state index contributed by atoms with van der Waals surface area (Å²) in [5.41, 5.74) is 1.93. The molecule has 0 atom stereocenters. The molecule has 18 heavy (non-hydrogen) atoms. The van der Waals surface area contributed by atoms with Crippen LogP contribution < -0.4 is 4.90 Å². The minimum atomic E-state index is 0.934. The molecule has 0 aromatic carbocycles. The Morgan fingerprint density at radius 2 is 2.17 bits per heavy atom. The standard InChI is InChI=1S/C12H11IN4S/c1-16(2)12-4-3-9(18-12)8-6-17-7-14-10(13)5-11(17)15-8/h3-7H,1-2H3. The van der Waals surface area contributed by atoms with Crippen LogP contribution in [0.2, 0.25) is 0 Å². The normalized spacial score (nSPS) is 11.1. The van der Waals surface area contributed by atoms with Gasteiger partial charge >= 0.3 is 0 Å². The maximum absolute atomic E-state index is 4.63. The van der Waals surface area contributed by atoms with E-state index in [4.69, 9.17) is 0 Å². The highest BCUT2D eigenvalue weighted by Crippen LogP contribution is 2.32. The van der Waals surface area contributed by atoms with E-state index in [1.165, 1.54) is 9.88 Å². The molecular weight excluding hydrogens is 359 g/mol. The lowest BCUT2D eigenvalue weighted by molar-refractivity contribution is 1.07. The summed E-state index contributed by atoms with van der Waals surface area (Å²) < 4.78 is 2.91. The van der Waals surface area contributed by atoms with Gasteiger partial charge in [-0.1, -0.05) is 0 Å². The summed E-state index contributed by atoms with van der Waals surface area (Å²) in [6, 6.07) is 6.21. The van der Waals surface area contributed by atoms with Crippen LogP contribution in [-0.4, -0.2) is 28.5 Å². The van der Waals surface area contributed by atoms with Crippen LogP contribution in [0, 0.1) is 3.70 Å². The van der Waals surface area contributed by atoms with Crippen molar-refractivity contribution in [1.82, 2.24) is 14.4 Å². The summed E-state index contributed by atoms with van der Waals surface area (Å²) >= 11 is 3.94. The summed E-state index contributed by atoms with van der Waals surface area (Å²) in [5, 5.41) is 1.23. The van der Waals surface area contributed by atoms with Crippen molar-refractivity contribution in [1.29, 1.82) is 0 Å². The lowest BCUT2D eigenvalue weighted by Gasteiger charge is -2.06. The van der Waals surface area contributed by atoms with Crippen LogP contribution in [0.4, 0.5) is 5.00 Å². The molecule has 3 rings (SSSR count). The molecule has 0 bridgehead atoms. The lowest BCUT2D eigenvalue weighted by Crippen LogP contribution is -2.05. The molecule has 0 fully saturated rings. The number of nitrogens with zero attached hydrogens (tertiary/aromatic N) is 4. The van der Waals surface area contributed by atoms with Gasteiger partial charge in [0.1, 0.15) is 15.7 Å². The molecule has 3 aromatic heterocycles. The first-order chi connectivity index (χ1) is 8.63. The lowest BCUT2D eigenvalue weighted by atomic mass is 10.4. The molecule has 0 N–H and O–H groups in total. The fourth-order valence-corrected chi connectivity index (χ4v) is 2.98. The number of anilines is 1. The van der Waals surface area contributed by atoms with Gasteiger partial charge in [-0.05, 0) is 34.7 Å². The molecular formula is C12H11IN4S. The van der Waals surface area contributed by atoms with Crippen LogP contribution in [0.15, 0.2) is 30.7 Å². The highest BCUT2D eigenvalue weighted by molar-refractivity contribution is 14.1. The van der Waals surface area contributed by atoms with E-state index in [1.54, 1.807) is 17.7 Å². The third-order valence-corrected chi connectivity index (χ3v) is 4.47. The Bertz CT molecular complexity index is 701. The molecule has 0 aliphatic heterocycles. The molecule has 3 aromatic rings. The SMILES string of the molecule is CN(C)c1ccc(-c2cn3cnc(I)cc3n2)s1. The largest absolute Gasteiger partial charge is 0.370 e. The molecule has 0 aliphatic rings. The smallest absolute Gasteiger partial charge is 0.141 e. The summed E-state index contributed by atoms with van der Waals surface area (Å²) in [4.78, 5) is 12.2. The van der Waals surface area contributed by atoms with E-state index in [0.717, 1.165) is 15.0 Å². The van der Waals surface area contributed by atoms with Gasteiger partial charge in [0.05, 0.1) is 15.6 Å². The van der Waals surface area contributed by atoms with Crippen molar-refractivity contribution in [2.75, 3.05) is 19.0 Å². The molecule has 6 heteroatoms. The highest BCUT2D eigenvalue weighted by atomic mass is 127. The molecule has 0 spiro atoms. The van der Waals surface area contributed by atoms with Gasteiger partial charge < -0.3 is 4.90 Å². The predicted octanol–water partition coefficient (Wildman–Crippen LogP) is 3.13. The second-order valence-corrected chi connectivity index (χ2v) is 6.30. The first-order valence-corrected chi connectivity index (χ1v) is 7.31. The Balaban J connectivity index is 2.07. The predicted molar refractivity (Wildman–Crippen MR) is 83.3 cm³/mol. The van der Waals surface area contributed by atoms with Gasteiger partial charge in [0.25, 0.3) is 0 Å². The first kappa shape index (κ1) is 11.9. The Labute approximate surface area is 122 Å². The molecule has 0 saturated heterocycles. The molecule has 3 heterocycles. The molecule has 0 radical (unpaired) electrons. The third kappa shape index (κ3) is 2.10. The minimum Gasteiger partial charge on any atom is -0.370 e. The molecule has 4 nitrogen and oxygen atoms in total. The fraction of sp³-hybridized carbons (Fsp3) is 0.167. The van der Waals surface area contributed by atoms with Crippen LogP contribution >= 0.6 is 33.9 Å². The van der Waals surface area contributed by atoms with E-state index < -0.39 is 0 Å². The molecule has 0 unspecified atom stereocenters. The number of rotatable bonds is 2. The average molecular weight is 370 g/mol. The Morgan fingerprint density at radius 1 is 1.33 bits per heavy atom. The van der Waals surface area contributed by atoms with Crippen molar-refractivity contribution in [3.05, 3.63) is 34.4 Å². The summed E-state index contributed by atoms with van der Waals surface area (Å²) in [6.07, 6.45) is 3.82. The summed E-state index contributed by atoms with van der Waals surface area (Å²) in [7, 11) is 4.09. The van der Waals surface area contributed by atoms with Crippen molar-refractivity contribution >= 4 is 44.6 Å². The molecule has 0 saturated carbocycles. The molecule has 0 amide bonds. The third-order valence-electron chi connectivity index (χ3n) is 2.60. The second kappa shape index (κ2) is 4.51. The maximum Gasteiger partial charge on any atom is 0.141 e. The van der Waals surface area contributed by atoms with Crippen molar-refractivity contribution in [2.24, 2.45) is 0 Å². The van der Waals surface area contributed by atoms with Crippen LogP contribution in [-0.2, 0) is 0 Å². The zero-order valence-corrected chi connectivity index (χ0v) is 12.9. The van der Waals surface area contributed by atoms with E-state index in [9.17, 15) is 0 Å². The Kier molecular flexibility index (Phi) is 2.98. The average Bonchev–Trinajstić information content (AvgIpc) is 2.93. The van der Waals surface area contributed by atoms with Crippen LogP contribution in [0.25, 0.3) is 16.2 Å². The summed E-state index contributed by atoms with van der Waals surface area (Å²) in [6.45, 7) is 0. The van der Waals surface area contributed by atoms with Crippen LogP contribution in [0.3, 0.4) is 0 Å². The monoisotopic (exact) mass is 370 g/mol. The fourth-order valence-electron chi connectivity index (χ4n) is 1.69. The number of halogens is 1. The van der Waals surface area contributed by atoms with E-state index in [2.05, 4.69) is 49.6 Å². The number of hydrogen-bond acceptors (Lipinski definition) is 4. The number of imidazole rings is 1. The number of aromatic nitrogens is 3. The van der Waals surface area contributed by atoms with Crippen molar-refractivity contribution < 1.29 is 0 Å². The Hall–Kier alpha value is -1.15. The second-order valence-electron chi connectivity index (χ2n) is 4.14. The van der Waals surface area contributed by atoms with Crippen molar-refractivity contribution in [2.45, 2.75) is 0 Å². The maximum atomic E-state index is 4.63. The number of hydrogen-bond donors (Lipinski definition) is 0. The van der Waals surface area contributed by atoms with Gasteiger partial charge in [-0.15, -0.1) is 11.3 Å². The van der Waals surface area contributed by atoms with Gasteiger partial charge in [0.15, 0.2) is 0 Å². The van der Waals surface area contributed by atoms with E-state index in [0.29, 0.717) is 0 Å². The van der Waals surface area contributed by atoms with Gasteiger partial charge in [-0.2, -0.15) is 0 Å². The van der Waals surface area contributed by atoms with E-state index >= 15 is 0 Å². The minimum absolute atomic E-state index is 0.934. The van der Waals surface area contributed by atoms with E-state index in [1.807, 2.05) is 30.8 Å². The first-order valence-electron chi connectivity index (χ1n) is 5.41. The van der Waals surface area contributed by atoms with Gasteiger partial charge in [0.2, 0.25) is 0 Å². The molecule has 0 aliphatic carbocycles. The van der Waals surface area contributed by atoms with Gasteiger partial charge in [-0.25, -0.2) is 9.97 Å². The zero-order valence-electron chi connectivity index (χ0n) is 9.96. The van der Waals surface area contributed by atoms with Gasteiger partial charge in [-0.3, -0.25) is 4.40 Å². The Morgan fingerprint density at radius 3 is 2.89 bits per heavy atom. The quantitative estimate of drug-likeness (QED) is 0.514. The topological polar surface area (TPSA) is 33.4 Å². The number of thiophene rings is 1. The molecule has 92 valence electrons. The van der Waals surface area contributed by atoms with Crippen LogP contribution in [0.1, 0.15) is 0 Å². The van der Waals surface area contributed by atoms with Crippen molar-refractivity contribution in [3.63, 3.8) is 0 Å². The highest BCUT2D eigenvalue weighted by Gasteiger charge is 2.08. The van der Waals surface area contributed by atoms with Gasteiger partial charge in [0, 0.05) is 26.4 Å². The number of fused-ring (bicyclic) bond motifs is 1. The van der Waals surface area contributed by atoms with Crippen molar-refractivity contribution in [3.8, 4) is 10.6 Å². The summed E-state index contributed by atoms with van der Waals surface area (Å²) in [5.74, 6) is 0. The van der Waals surface area contributed by atoms with E-state index in [-0.39, 0.29) is 0 Å².